The Balaban J connectivity index is 1.72. The van der Waals surface area contributed by atoms with Crippen LogP contribution < -0.4 is 5.32 Å². The van der Waals surface area contributed by atoms with Crippen LogP contribution in [0, 0.1) is 5.41 Å². The second-order valence-electron chi connectivity index (χ2n) is 5.62. The van der Waals surface area contributed by atoms with Gasteiger partial charge in [-0.2, -0.15) is 0 Å². The highest BCUT2D eigenvalue weighted by atomic mass is 32.1. The molecule has 1 saturated carbocycles. The predicted octanol–water partition coefficient (Wildman–Crippen LogP) is 3.28. The molecule has 1 aliphatic carbocycles. The lowest BCUT2D eigenvalue weighted by Gasteiger charge is -2.23. The Bertz CT molecular complexity index is 653. The van der Waals surface area contributed by atoms with E-state index in [4.69, 9.17) is 0 Å². The fourth-order valence-electron chi connectivity index (χ4n) is 2.95. The third-order valence-corrected chi connectivity index (χ3v) is 5.37. The molecule has 21 heavy (non-hydrogen) atoms. The van der Waals surface area contributed by atoms with Gasteiger partial charge in [-0.1, -0.05) is 31.0 Å². The predicted molar refractivity (Wildman–Crippen MR) is 82.7 cm³/mol. The van der Waals surface area contributed by atoms with Crippen LogP contribution in [-0.2, 0) is 4.79 Å². The number of thiophene rings is 1. The maximum atomic E-state index is 12.2. The van der Waals surface area contributed by atoms with E-state index in [1.54, 1.807) is 0 Å². The lowest BCUT2D eigenvalue weighted by atomic mass is 9.86. The van der Waals surface area contributed by atoms with Crippen LogP contribution in [0.15, 0.2) is 30.3 Å². The molecule has 0 saturated heterocycles. The standard InChI is InChI=1S/C16H17NO3S/c18-14(13-9-11-5-1-2-6-12(11)21-13)17-10-16(15(19)20)7-3-4-8-16/h1-2,5-6,9H,3-4,7-8,10H2,(H,17,18)(H,19,20). The number of aliphatic carboxylic acids is 1. The van der Waals surface area contributed by atoms with Crippen LogP contribution in [0.25, 0.3) is 10.1 Å². The average Bonchev–Trinajstić information content (AvgIpc) is 3.12. The molecule has 0 bridgehead atoms. The molecular weight excluding hydrogens is 286 g/mol. The second kappa shape index (κ2) is 5.48. The Hall–Kier alpha value is -1.88. The van der Waals surface area contributed by atoms with Crippen molar-refractivity contribution < 1.29 is 14.7 Å². The fraction of sp³-hybridized carbons (Fsp3) is 0.375. The molecule has 110 valence electrons. The quantitative estimate of drug-likeness (QED) is 0.911. The molecule has 0 spiro atoms. The number of hydrogen-bond acceptors (Lipinski definition) is 3. The van der Waals surface area contributed by atoms with Crippen LogP contribution >= 0.6 is 11.3 Å². The molecule has 3 rings (SSSR count). The molecular formula is C16H17NO3S. The summed E-state index contributed by atoms with van der Waals surface area (Å²) < 4.78 is 1.07. The van der Waals surface area contributed by atoms with Gasteiger partial charge in [0.25, 0.3) is 5.91 Å². The zero-order chi connectivity index (χ0) is 14.9. The van der Waals surface area contributed by atoms with Gasteiger partial charge in [0.05, 0.1) is 10.3 Å². The molecule has 4 nitrogen and oxygen atoms in total. The normalized spacial score (nSPS) is 17.0. The minimum Gasteiger partial charge on any atom is -0.481 e. The van der Waals surface area contributed by atoms with Crippen LogP contribution in [0.1, 0.15) is 35.4 Å². The van der Waals surface area contributed by atoms with Crippen molar-refractivity contribution in [2.24, 2.45) is 5.41 Å². The summed E-state index contributed by atoms with van der Waals surface area (Å²) in [4.78, 5) is 24.3. The Morgan fingerprint density at radius 1 is 1.24 bits per heavy atom. The zero-order valence-corrected chi connectivity index (χ0v) is 12.4. The van der Waals surface area contributed by atoms with E-state index in [0.717, 1.165) is 22.9 Å². The number of benzene rings is 1. The van der Waals surface area contributed by atoms with Crippen molar-refractivity contribution in [2.75, 3.05) is 6.54 Å². The van der Waals surface area contributed by atoms with E-state index in [1.165, 1.54) is 11.3 Å². The van der Waals surface area contributed by atoms with Crippen LogP contribution in [-0.4, -0.2) is 23.5 Å². The number of carbonyl (C=O) groups is 2. The highest BCUT2D eigenvalue weighted by Crippen LogP contribution is 2.38. The Morgan fingerprint density at radius 2 is 1.95 bits per heavy atom. The summed E-state index contributed by atoms with van der Waals surface area (Å²) in [5.41, 5.74) is -0.771. The molecule has 1 fully saturated rings. The highest BCUT2D eigenvalue weighted by molar-refractivity contribution is 7.20. The number of carboxylic acid groups (broad SMARTS) is 1. The Morgan fingerprint density at radius 3 is 2.62 bits per heavy atom. The Kier molecular flexibility index (Phi) is 3.68. The molecule has 1 aromatic carbocycles. The van der Waals surface area contributed by atoms with E-state index < -0.39 is 11.4 Å². The summed E-state index contributed by atoms with van der Waals surface area (Å²) in [5, 5.41) is 13.3. The van der Waals surface area contributed by atoms with Crippen molar-refractivity contribution >= 4 is 33.3 Å². The average molecular weight is 303 g/mol. The molecule has 2 aromatic rings. The Labute approximate surface area is 126 Å². The number of nitrogens with one attached hydrogen (secondary N) is 1. The van der Waals surface area contributed by atoms with E-state index in [2.05, 4.69) is 5.32 Å². The molecule has 2 N–H and O–H groups in total. The maximum absolute atomic E-state index is 12.2. The molecule has 1 aromatic heterocycles. The third kappa shape index (κ3) is 2.65. The van der Waals surface area contributed by atoms with Crippen molar-refractivity contribution in [1.82, 2.24) is 5.32 Å². The van der Waals surface area contributed by atoms with Gasteiger partial charge in [-0.3, -0.25) is 9.59 Å². The molecule has 0 radical (unpaired) electrons. The van der Waals surface area contributed by atoms with Crippen molar-refractivity contribution in [3.63, 3.8) is 0 Å². The second-order valence-corrected chi connectivity index (χ2v) is 6.71. The molecule has 1 aliphatic rings. The van der Waals surface area contributed by atoms with E-state index in [9.17, 15) is 14.7 Å². The molecule has 0 atom stereocenters. The lowest BCUT2D eigenvalue weighted by molar-refractivity contribution is -0.148. The molecule has 1 amide bonds. The fourth-order valence-corrected chi connectivity index (χ4v) is 3.93. The van der Waals surface area contributed by atoms with Gasteiger partial charge < -0.3 is 10.4 Å². The van der Waals surface area contributed by atoms with Gasteiger partial charge in [0.2, 0.25) is 0 Å². The smallest absolute Gasteiger partial charge is 0.311 e. The highest BCUT2D eigenvalue weighted by Gasteiger charge is 2.41. The summed E-state index contributed by atoms with van der Waals surface area (Å²) in [7, 11) is 0. The van der Waals surface area contributed by atoms with Gasteiger partial charge >= 0.3 is 5.97 Å². The summed E-state index contributed by atoms with van der Waals surface area (Å²) in [6.07, 6.45) is 3.14. The number of carboxylic acids is 1. The SMILES string of the molecule is O=C(NCC1(C(=O)O)CCCC1)c1cc2ccccc2s1. The summed E-state index contributed by atoms with van der Waals surface area (Å²) in [6, 6.07) is 9.69. The maximum Gasteiger partial charge on any atom is 0.311 e. The first-order valence-corrected chi connectivity index (χ1v) is 7.93. The first-order chi connectivity index (χ1) is 10.1. The van der Waals surface area contributed by atoms with Crippen molar-refractivity contribution in [1.29, 1.82) is 0 Å². The zero-order valence-electron chi connectivity index (χ0n) is 11.6. The molecule has 1 heterocycles. The van der Waals surface area contributed by atoms with Crippen LogP contribution in [0.2, 0.25) is 0 Å². The largest absolute Gasteiger partial charge is 0.481 e. The van der Waals surface area contributed by atoms with Crippen LogP contribution in [0.5, 0.6) is 0 Å². The molecule has 5 heteroatoms. The van der Waals surface area contributed by atoms with E-state index in [-0.39, 0.29) is 12.5 Å². The van der Waals surface area contributed by atoms with Crippen molar-refractivity contribution in [3.05, 3.63) is 35.2 Å². The van der Waals surface area contributed by atoms with E-state index >= 15 is 0 Å². The first-order valence-electron chi connectivity index (χ1n) is 7.11. The van der Waals surface area contributed by atoms with Gasteiger partial charge in [0.15, 0.2) is 0 Å². The monoisotopic (exact) mass is 303 g/mol. The summed E-state index contributed by atoms with van der Waals surface area (Å²) in [5.74, 6) is -0.972. The van der Waals surface area contributed by atoms with Crippen molar-refractivity contribution in [3.8, 4) is 0 Å². The molecule has 0 aliphatic heterocycles. The minimum absolute atomic E-state index is 0.177. The number of carbonyl (C=O) groups excluding carboxylic acids is 1. The topological polar surface area (TPSA) is 66.4 Å². The third-order valence-electron chi connectivity index (χ3n) is 4.25. The van der Waals surface area contributed by atoms with E-state index in [0.29, 0.717) is 17.7 Å². The van der Waals surface area contributed by atoms with Crippen molar-refractivity contribution in [2.45, 2.75) is 25.7 Å². The lowest BCUT2D eigenvalue weighted by Crippen LogP contribution is -2.41. The van der Waals surface area contributed by atoms with Gasteiger partial charge in [-0.15, -0.1) is 11.3 Å². The van der Waals surface area contributed by atoms with Gasteiger partial charge in [-0.25, -0.2) is 0 Å². The van der Waals surface area contributed by atoms with E-state index in [1.807, 2.05) is 30.3 Å². The minimum atomic E-state index is -0.795. The summed E-state index contributed by atoms with van der Waals surface area (Å²) >= 11 is 1.44. The number of amides is 1. The molecule has 0 unspecified atom stereocenters. The summed E-state index contributed by atoms with van der Waals surface area (Å²) in [6.45, 7) is 0.218. The van der Waals surface area contributed by atoms with Crippen LogP contribution in [0.3, 0.4) is 0 Å². The van der Waals surface area contributed by atoms with Gasteiger partial charge in [0, 0.05) is 11.2 Å². The van der Waals surface area contributed by atoms with Crippen LogP contribution in [0.4, 0.5) is 0 Å². The first kappa shape index (κ1) is 14.1. The number of fused-ring (bicyclic) bond motifs is 1. The number of rotatable bonds is 4. The van der Waals surface area contributed by atoms with Gasteiger partial charge in [-0.05, 0) is 30.4 Å². The van der Waals surface area contributed by atoms with Gasteiger partial charge in [0.1, 0.15) is 0 Å². The number of hydrogen-bond donors (Lipinski definition) is 2.